The Morgan fingerprint density at radius 2 is 1.90 bits per heavy atom. The van der Waals surface area contributed by atoms with Gasteiger partial charge in [-0.05, 0) is 22.8 Å². The van der Waals surface area contributed by atoms with Gasteiger partial charge in [0.15, 0.2) is 0 Å². The summed E-state index contributed by atoms with van der Waals surface area (Å²) in [5.41, 5.74) is 2.55. The predicted octanol–water partition coefficient (Wildman–Crippen LogP) is 3.16. The number of amides is 1. The lowest BCUT2D eigenvalue weighted by Gasteiger charge is -2.01. The van der Waals surface area contributed by atoms with Gasteiger partial charge in [-0.3, -0.25) is 0 Å². The maximum Gasteiger partial charge on any atom is 0.404 e. The van der Waals surface area contributed by atoms with E-state index in [2.05, 4.69) is 10.3 Å². The van der Waals surface area contributed by atoms with Gasteiger partial charge in [-0.2, -0.15) is 4.39 Å². The third-order valence-corrected chi connectivity index (χ3v) is 2.64. The molecule has 1 heterocycles. The van der Waals surface area contributed by atoms with E-state index in [1.807, 2.05) is 30.3 Å². The quantitative estimate of drug-likeness (QED) is 0.840. The number of hydrogen-bond acceptors (Lipinski definition) is 2. The van der Waals surface area contributed by atoms with Crippen LogP contribution in [0, 0.1) is 5.95 Å². The predicted molar refractivity (Wildman–Crippen MR) is 74.4 cm³/mol. The van der Waals surface area contributed by atoms with Gasteiger partial charge in [0.25, 0.3) is 0 Å². The van der Waals surface area contributed by atoms with E-state index in [1.165, 1.54) is 12.3 Å². The van der Waals surface area contributed by atoms with Crippen molar-refractivity contribution in [3.8, 4) is 0 Å². The van der Waals surface area contributed by atoms with Crippen molar-refractivity contribution in [2.75, 3.05) is 0 Å². The highest BCUT2D eigenvalue weighted by atomic mass is 19.1. The summed E-state index contributed by atoms with van der Waals surface area (Å²) in [7, 11) is 0. The molecule has 0 fully saturated rings. The molecule has 0 saturated carbocycles. The van der Waals surface area contributed by atoms with E-state index < -0.39 is 12.0 Å². The topological polar surface area (TPSA) is 62.2 Å². The van der Waals surface area contributed by atoms with Gasteiger partial charge in [0.05, 0.1) is 0 Å². The molecule has 4 nitrogen and oxygen atoms in total. The van der Waals surface area contributed by atoms with Crippen LogP contribution >= 0.6 is 0 Å². The van der Waals surface area contributed by atoms with Gasteiger partial charge < -0.3 is 10.4 Å². The second-order valence-corrected chi connectivity index (χ2v) is 4.15. The fourth-order valence-electron chi connectivity index (χ4n) is 1.64. The van der Waals surface area contributed by atoms with Crippen molar-refractivity contribution in [3.05, 3.63) is 65.2 Å². The Morgan fingerprint density at radius 1 is 1.20 bits per heavy atom. The SMILES string of the molecule is O=C(O)NCc1ccc(/C=C/c2ccnc(F)c2)cc1. The van der Waals surface area contributed by atoms with Gasteiger partial charge in [-0.25, -0.2) is 9.78 Å². The molecule has 20 heavy (non-hydrogen) atoms. The zero-order valence-electron chi connectivity index (χ0n) is 10.6. The number of rotatable bonds is 4. The first-order chi connectivity index (χ1) is 9.63. The number of halogens is 1. The van der Waals surface area contributed by atoms with E-state index in [1.54, 1.807) is 12.1 Å². The minimum atomic E-state index is -1.05. The van der Waals surface area contributed by atoms with Gasteiger partial charge in [0.1, 0.15) is 0 Å². The number of hydrogen-bond donors (Lipinski definition) is 2. The number of pyridine rings is 1. The third-order valence-electron chi connectivity index (χ3n) is 2.64. The Kier molecular flexibility index (Phi) is 4.44. The Labute approximate surface area is 115 Å². The molecule has 2 rings (SSSR count). The molecule has 0 atom stereocenters. The van der Waals surface area contributed by atoms with Crippen LogP contribution in [-0.2, 0) is 6.54 Å². The van der Waals surface area contributed by atoms with Crippen LogP contribution in [0.2, 0.25) is 0 Å². The van der Waals surface area contributed by atoms with Crippen LogP contribution in [0.1, 0.15) is 16.7 Å². The van der Waals surface area contributed by atoms with E-state index in [0.29, 0.717) is 0 Å². The molecule has 1 amide bonds. The van der Waals surface area contributed by atoms with Crippen LogP contribution < -0.4 is 5.32 Å². The summed E-state index contributed by atoms with van der Waals surface area (Å²) in [6.07, 6.45) is 4.00. The summed E-state index contributed by atoms with van der Waals surface area (Å²) >= 11 is 0. The first-order valence-electron chi connectivity index (χ1n) is 5.99. The lowest BCUT2D eigenvalue weighted by Crippen LogP contribution is -2.19. The second kappa shape index (κ2) is 6.47. The smallest absolute Gasteiger partial charge is 0.404 e. The van der Waals surface area contributed by atoms with Crippen LogP contribution in [0.15, 0.2) is 42.6 Å². The first kappa shape index (κ1) is 13.7. The molecule has 0 saturated heterocycles. The van der Waals surface area contributed by atoms with Crippen LogP contribution in [0.4, 0.5) is 9.18 Å². The Bertz CT molecular complexity index is 624. The largest absolute Gasteiger partial charge is 0.465 e. The van der Waals surface area contributed by atoms with Gasteiger partial charge in [-0.15, -0.1) is 0 Å². The van der Waals surface area contributed by atoms with Gasteiger partial charge >= 0.3 is 6.09 Å². The van der Waals surface area contributed by atoms with E-state index in [-0.39, 0.29) is 6.54 Å². The number of carbonyl (C=O) groups is 1. The summed E-state index contributed by atoms with van der Waals surface area (Å²) in [6.45, 7) is 0.273. The molecule has 0 aliphatic rings. The number of carboxylic acid groups (broad SMARTS) is 1. The summed E-state index contributed by atoms with van der Waals surface area (Å²) in [4.78, 5) is 13.9. The summed E-state index contributed by atoms with van der Waals surface area (Å²) in [5.74, 6) is -0.512. The highest BCUT2D eigenvalue weighted by Gasteiger charge is 1.96. The van der Waals surface area contributed by atoms with Crippen LogP contribution in [0.5, 0.6) is 0 Å². The number of benzene rings is 1. The standard InChI is InChI=1S/C15H13FN2O2/c16-14-9-12(7-8-17-14)4-1-11-2-5-13(6-3-11)10-18-15(19)20/h1-9,18H,10H2,(H,19,20)/b4-1+. The van der Waals surface area contributed by atoms with Gasteiger partial charge in [0.2, 0.25) is 5.95 Å². The molecule has 0 bridgehead atoms. The molecule has 0 radical (unpaired) electrons. The average molecular weight is 272 g/mol. The van der Waals surface area contributed by atoms with E-state index in [9.17, 15) is 9.18 Å². The van der Waals surface area contributed by atoms with E-state index in [4.69, 9.17) is 5.11 Å². The molecular formula is C15H13FN2O2. The van der Waals surface area contributed by atoms with Crippen LogP contribution in [0.3, 0.4) is 0 Å². The lowest BCUT2D eigenvalue weighted by molar-refractivity contribution is 0.194. The van der Waals surface area contributed by atoms with Crippen molar-refractivity contribution >= 4 is 18.2 Å². The maximum atomic E-state index is 12.9. The van der Waals surface area contributed by atoms with E-state index >= 15 is 0 Å². The second-order valence-electron chi connectivity index (χ2n) is 4.15. The molecule has 5 heteroatoms. The molecule has 0 spiro atoms. The van der Waals surface area contributed by atoms with Crippen molar-refractivity contribution in [2.45, 2.75) is 6.54 Å². The van der Waals surface area contributed by atoms with Crippen LogP contribution in [0.25, 0.3) is 12.2 Å². The molecule has 0 aliphatic carbocycles. The Hall–Kier alpha value is -2.69. The summed E-state index contributed by atoms with van der Waals surface area (Å²) in [5, 5.41) is 10.8. The molecule has 0 aliphatic heterocycles. The fraction of sp³-hybridized carbons (Fsp3) is 0.0667. The number of nitrogens with one attached hydrogen (secondary N) is 1. The molecule has 102 valence electrons. The van der Waals surface area contributed by atoms with E-state index in [0.717, 1.165) is 16.7 Å². The highest BCUT2D eigenvalue weighted by Crippen LogP contribution is 2.10. The minimum Gasteiger partial charge on any atom is -0.465 e. The molecule has 0 unspecified atom stereocenters. The Morgan fingerprint density at radius 3 is 2.55 bits per heavy atom. The molecule has 2 aromatic rings. The molecular weight excluding hydrogens is 259 g/mol. The summed E-state index contributed by atoms with van der Waals surface area (Å²) in [6, 6.07) is 10.5. The summed E-state index contributed by atoms with van der Waals surface area (Å²) < 4.78 is 12.9. The number of aromatic nitrogens is 1. The van der Waals surface area contributed by atoms with Crippen LogP contribution in [-0.4, -0.2) is 16.2 Å². The van der Waals surface area contributed by atoms with Gasteiger partial charge in [-0.1, -0.05) is 36.4 Å². The maximum absolute atomic E-state index is 12.9. The van der Waals surface area contributed by atoms with Crippen molar-refractivity contribution < 1.29 is 14.3 Å². The fourth-order valence-corrected chi connectivity index (χ4v) is 1.64. The minimum absolute atomic E-state index is 0.273. The first-order valence-corrected chi connectivity index (χ1v) is 5.99. The van der Waals surface area contributed by atoms with Crippen molar-refractivity contribution in [2.24, 2.45) is 0 Å². The Balaban J connectivity index is 2.01. The van der Waals surface area contributed by atoms with Crippen molar-refractivity contribution in [3.63, 3.8) is 0 Å². The zero-order valence-corrected chi connectivity index (χ0v) is 10.6. The zero-order chi connectivity index (χ0) is 14.4. The normalized spacial score (nSPS) is 10.7. The number of nitrogens with zero attached hydrogens (tertiary/aromatic N) is 1. The molecule has 2 N–H and O–H groups in total. The molecule has 1 aromatic heterocycles. The average Bonchev–Trinajstić information content (AvgIpc) is 2.44. The third kappa shape index (κ3) is 4.20. The lowest BCUT2D eigenvalue weighted by atomic mass is 10.1. The van der Waals surface area contributed by atoms with Crippen molar-refractivity contribution in [1.29, 1.82) is 0 Å². The highest BCUT2D eigenvalue weighted by molar-refractivity contribution is 5.69. The van der Waals surface area contributed by atoms with Crippen molar-refractivity contribution in [1.82, 2.24) is 10.3 Å². The monoisotopic (exact) mass is 272 g/mol. The molecule has 1 aromatic carbocycles. The van der Waals surface area contributed by atoms with Gasteiger partial charge in [0, 0.05) is 18.8 Å².